The predicted octanol–water partition coefficient (Wildman–Crippen LogP) is 0.994. The Hall–Kier alpha value is -2.61. The highest BCUT2D eigenvalue weighted by atomic mass is 32.1. The first-order valence-corrected chi connectivity index (χ1v) is 6.49. The standard InChI is InChI=1S/C12H8N4O3S/c17-11-10-8(1-2-20-10)15-6-16(11)4-9-7(12(18)19)3-13-5-14-9/h1-3,5-6H,4H2,(H,18,19). The molecule has 3 aromatic heterocycles. The number of rotatable bonds is 3. The number of thiophene rings is 1. The van der Waals surface area contributed by atoms with Crippen LogP contribution in [-0.4, -0.2) is 30.6 Å². The number of aromatic carboxylic acids is 1. The number of carboxylic acids is 1. The Labute approximate surface area is 116 Å². The van der Waals surface area contributed by atoms with E-state index in [1.807, 2.05) is 0 Å². The number of aromatic nitrogens is 4. The smallest absolute Gasteiger partial charge is 0.339 e. The maximum absolute atomic E-state index is 12.2. The molecule has 3 heterocycles. The molecule has 20 heavy (non-hydrogen) atoms. The summed E-state index contributed by atoms with van der Waals surface area (Å²) in [6, 6.07) is 1.76. The van der Waals surface area contributed by atoms with Crippen molar-refractivity contribution in [2.45, 2.75) is 6.54 Å². The van der Waals surface area contributed by atoms with Crippen molar-refractivity contribution in [3.8, 4) is 0 Å². The fraction of sp³-hybridized carbons (Fsp3) is 0.0833. The molecule has 0 amide bonds. The van der Waals surface area contributed by atoms with Crippen molar-refractivity contribution >= 4 is 27.5 Å². The second-order valence-electron chi connectivity index (χ2n) is 4.00. The lowest BCUT2D eigenvalue weighted by molar-refractivity contribution is 0.0694. The van der Waals surface area contributed by atoms with Crippen LogP contribution in [0.2, 0.25) is 0 Å². The van der Waals surface area contributed by atoms with Gasteiger partial charge < -0.3 is 5.11 Å². The monoisotopic (exact) mass is 288 g/mol. The Bertz CT molecular complexity index is 855. The van der Waals surface area contributed by atoms with E-state index in [9.17, 15) is 9.59 Å². The third-order valence-electron chi connectivity index (χ3n) is 2.78. The molecule has 0 radical (unpaired) electrons. The molecule has 0 atom stereocenters. The van der Waals surface area contributed by atoms with Crippen molar-refractivity contribution in [2.24, 2.45) is 0 Å². The molecule has 8 heteroatoms. The van der Waals surface area contributed by atoms with Crippen LogP contribution in [0.25, 0.3) is 10.2 Å². The van der Waals surface area contributed by atoms with Gasteiger partial charge in [0.15, 0.2) is 0 Å². The summed E-state index contributed by atoms with van der Waals surface area (Å²) in [7, 11) is 0. The molecule has 3 aromatic rings. The van der Waals surface area contributed by atoms with Gasteiger partial charge >= 0.3 is 5.97 Å². The molecule has 0 saturated heterocycles. The summed E-state index contributed by atoms with van der Waals surface area (Å²) in [5.74, 6) is -1.13. The van der Waals surface area contributed by atoms with Crippen LogP contribution in [0.3, 0.4) is 0 Å². The third kappa shape index (κ3) is 2.05. The molecule has 0 aliphatic carbocycles. The lowest BCUT2D eigenvalue weighted by Gasteiger charge is -2.06. The van der Waals surface area contributed by atoms with E-state index in [1.54, 1.807) is 11.4 Å². The second kappa shape index (κ2) is 4.82. The van der Waals surface area contributed by atoms with Crippen LogP contribution in [0.4, 0.5) is 0 Å². The minimum absolute atomic E-state index is 0.0225. The van der Waals surface area contributed by atoms with E-state index in [1.165, 1.54) is 34.8 Å². The molecular formula is C12H8N4O3S. The van der Waals surface area contributed by atoms with Crippen LogP contribution in [0, 0.1) is 0 Å². The summed E-state index contributed by atoms with van der Waals surface area (Å²) in [6.07, 6.45) is 3.86. The topological polar surface area (TPSA) is 98.0 Å². The molecule has 1 N–H and O–H groups in total. The molecule has 0 spiro atoms. The van der Waals surface area contributed by atoms with E-state index in [0.29, 0.717) is 10.2 Å². The molecule has 0 saturated carbocycles. The van der Waals surface area contributed by atoms with Gasteiger partial charge in [-0.1, -0.05) is 0 Å². The maximum atomic E-state index is 12.2. The largest absolute Gasteiger partial charge is 0.478 e. The van der Waals surface area contributed by atoms with Crippen LogP contribution in [0.1, 0.15) is 16.1 Å². The molecule has 0 aliphatic heterocycles. The summed E-state index contributed by atoms with van der Waals surface area (Å²) >= 11 is 1.30. The lowest BCUT2D eigenvalue weighted by atomic mass is 10.2. The van der Waals surface area contributed by atoms with Crippen LogP contribution >= 0.6 is 11.3 Å². The Kier molecular flexibility index (Phi) is 2.99. The Morgan fingerprint density at radius 2 is 2.25 bits per heavy atom. The Balaban J connectivity index is 2.08. The van der Waals surface area contributed by atoms with Crippen LogP contribution < -0.4 is 5.56 Å². The zero-order chi connectivity index (χ0) is 14.1. The van der Waals surface area contributed by atoms with Crippen molar-refractivity contribution in [2.75, 3.05) is 0 Å². The van der Waals surface area contributed by atoms with Gasteiger partial charge in [0.05, 0.1) is 24.1 Å². The summed E-state index contributed by atoms with van der Waals surface area (Å²) in [6.45, 7) is 0.0455. The highest BCUT2D eigenvalue weighted by Gasteiger charge is 2.13. The maximum Gasteiger partial charge on any atom is 0.339 e. The van der Waals surface area contributed by atoms with Gasteiger partial charge in [0.25, 0.3) is 5.56 Å². The van der Waals surface area contributed by atoms with E-state index in [4.69, 9.17) is 5.11 Å². The first kappa shape index (κ1) is 12.4. The molecule has 3 rings (SSSR count). The minimum Gasteiger partial charge on any atom is -0.478 e. The quantitative estimate of drug-likeness (QED) is 0.772. The average Bonchev–Trinajstić information content (AvgIpc) is 2.91. The molecule has 0 unspecified atom stereocenters. The molecular weight excluding hydrogens is 280 g/mol. The van der Waals surface area contributed by atoms with Gasteiger partial charge in [0.1, 0.15) is 16.6 Å². The van der Waals surface area contributed by atoms with E-state index in [-0.39, 0.29) is 23.4 Å². The summed E-state index contributed by atoms with van der Waals surface area (Å²) in [5, 5.41) is 10.9. The van der Waals surface area contributed by atoms with Gasteiger partial charge in [-0.05, 0) is 11.4 Å². The number of fused-ring (bicyclic) bond motifs is 1. The second-order valence-corrected chi connectivity index (χ2v) is 4.92. The van der Waals surface area contributed by atoms with E-state index >= 15 is 0 Å². The van der Waals surface area contributed by atoms with E-state index in [2.05, 4.69) is 15.0 Å². The zero-order valence-corrected chi connectivity index (χ0v) is 10.9. The zero-order valence-electron chi connectivity index (χ0n) is 10.1. The van der Waals surface area contributed by atoms with Gasteiger partial charge in [-0.2, -0.15) is 0 Å². The Morgan fingerprint density at radius 3 is 3.05 bits per heavy atom. The van der Waals surface area contributed by atoms with Crippen molar-refractivity contribution in [3.63, 3.8) is 0 Å². The van der Waals surface area contributed by atoms with Gasteiger partial charge in [0.2, 0.25) is 0 Å². The van der Waals surface area contributed by atoms with Crippen molar-refractivity contribution < 1.29 is 9.90 Å². The van der Waals surface area contributed by atoms with Crippen LogP contribution in [0.5, 0.6) is 0 Å². The van der Waals surface area contributed by atoms with Crippen molar-refractivity contribution in [1.82, 2.24) is 19.5 Å². The van der Waals surface area contributed by atoms with Crippen molar-refractivity contribution in [3.05, 3.63) is 51.9 Å². The average molecular weight is 288 g/mol. The predicted molar refractivity (Wildman–Crippen MR) is 72.0 cm³/mol. The van der Waals surface area contributed by atoms with Gasteiger partial charge in [-0.25, -0.2) is 19.7 Å². The summed E-state index contributed by atoms with van der Waals surface area (Å²) in [5.41, 5.74) is 0.676. The summed E-state index contributed by atoms with van der Waals surface area (Å²) < 4.78 is 1.88. The fourth-order valence-electron chi connectivity index (χ4n) is 1.81. The highest BCUT2D eigenvalue weighted by Crippen LogP contribution is 2.14. The number of nitrogens with zero attached hydrogens (tertiary/aromatic N) is 4. The Morgan fingerprint density at radius 1 is 1.40 bits per heavy atom. The molecule has 0 aromatic carbocycles. The highest BCUT2D eigenvalue weighted by molar-refractivity contribution is 7.17. The number of carbonyl (C=O) groups is 1. The van der Waals surface area contributed by atoms with Crippen LogP contribution in [-0.2, 0) is 6.54 Å². The normalized spacial score (nSPS) is 10.8. The molecule has 0 fully saturated rings. The molecule has 0 aliphatic rings. The third-order valence-corrected chi connectivity index (χ3v) is 3.67. The van der Waals surface area contributed by atoms with Gasteiger partial charge in [-0.15, -0.1) is 11.3 Å². The minimum atomic E-state index is -1.13. The van der Waals surface area contributed by atoms with Gasteiger partial charge in [0, 0.05) is 6.20 Å². The van der Waals surface area contributed by atoms with E-state index in [0.717, 1.165) is 0 Å². The number of hydrogen-bond acceptors (Lipinski definition) is 6. The summed E-state index contributed by atoms with van der Waals surface area (Å²) in [4.78, 5) is 35.1. The number of hydrogen-bond donors (Lipinski definition) is 1. The number of carboxylic acid groups (broad SMARTS) is 1. The van der Waals surface area contributed by atoms with Gasteiger partial charge in [-0.3, -0.25) is 9.36 Å². The van der Waals surface area contributed by atoms with E-state index < -0.39 is 5.97 Å². The van der Waals surface area contributed by atoms with Crippen LogP contribution in [0.15, 0.2) is 35.1 Å². The fourth-order valence-corrected chi connectivity index (χ4v) is 2.61. The SMILES string of the molecule is O=C(O)c1cncnc1Cn1cnc2ccsc2c1=O. The first-order valence-electron chi connectivity index (χ1n) is 5.61. The lowest BCUT2D eigenvalue weighted by Crippen LogP contribution is -2.22. The molecule has 7 nitrogen and oxygen atoms in total. The van der Waals surface area contributed by atoms with Crippen molar-refractivity contribution in [1.29, 1.82) is 0 Å². The molecule has 0 bridgehead atoms. The first-order chi connectivity index (χ1) is 9.66. The molecule has 100 valence electrons.